The van der Waals surface area contributed by atoms with Gasteiger partial charge in [-0.15, -0.1) is 11.3 Å². The van der Waals surface area contributed by atoms with Crippen molar-refractivity contribution in [2.45, 2.75) is 103 Å². The van der Waals surface area contributed by atoms with Crippen molar-refractivity contribution < 1.29 is 5.11 Å². The van der Waals surface area contributed by atoms with E-state index in [2.05, 4.69) is 24.8 Å². The topological polar surface area (TPSA) is 49.2 Å². The van der Waals surface area contributed by atoms with Crippen molar-refractivity contribution >= 4 is 21.6 Å². The SMILES string of the molecule is Cc1nc(CN2[C@@H]3CC[C@H]2C[C@@H](O)C3)c2cc(C3CCC(C)(C)CC3)sc2n1. The van der Waals surface area contributed by atoms with Crippen LogP contribution in [0.2, 0.25) is 0 Å². The smallest absolute Gasteiger partial charge is 0.127 e. The van der Waals surface area contributed by atoms with Gasteiger partial charge in [-0.25, -0.2) is 9.97 Å². The molecule has 28 heavy (non-hydrogen) atoms. The number of nitrogens with zero attached hydrogens (tertiary/aromatic N) is 3. The van der Waals surface area contributed by atoms with E-state index in [0.29, 0.717) is 23.4 Å². The van der Waals surface area contributed by atoms with Crippen molar-refractivity contribution in [3.8, 4) is 0 Å². The molecule has 3 atom stereocenters. The van der Waals surface area contributed by atoms with Crippen molar-refractivity contribution in [1.82, 2.24) is 14.9 Å². The zero-order valence-electron chi connectivity index (χ0n) is 17.4. The van der Waals surface area contributed by atoms with Crippen LogP contribution in [0, 0.1) is 12.3 Å². The molecule has 5 rings (SSSR count). The molecule has 0 radical (unpaired) electrons. The van der Waals surface area contributed by atoms with Gasteiger partial charge in [0.2, 0.25) is 0 Å². The van der Waals surface area contributed by atoms with Gasteiger partial charge in [-0.1, -0.05) is 13.8 Å². The summed E-state index contributed by atoms with van der Waals surface area (Å²) < 4.78 is 0. The fourth-order valence-electron chi connectivity index (χ4n) is 5.80. The van der Waals surface area contributed by atoms with Crippen molar-refractivity contribution in [1.29, 1.82) is 0 Å². The lowest BCUT2D eigenvalue weighted by molar-refractivity contribution is 0.0306. The molecule has 4 nitrogen and oxygen atoms in total. The van der Waals surface area contributed by atoms with Crippen LogP contribution in [0.15, 0.2) is 6.07 Å². The molecule has 0 spiro atoms. The number of piperidine rings is 1. The molecule has 0 amide bonds. The molecule has 1 saturated carbocycles. The van der Waals surface area contributed by atoms with Gasteiger partial charge < -0.3 is 5.11 Å². The minimum atomic E-state index is -0.107. The summed E-state index contributed by atoms with van der Waals surface area (Å²) in [7, 11) is 0. The Kier molecular flexibility index (Phi) is 4.76. The van der Waals surface area contributed by atoms with E-state index < -0.39 is 0 Å². The molecular weight excluding hydrogens is 366 g/mol. The minimum Gasteiger partial charge on any atom is -0.393 e. The summed E-state index contributed by atoms with van der Waals surface area (Å²) in [4.78, 5) is 15.0. The highest BCUT2D eigenvalue weighted by molar-refractivity contribution is 7.18. The predicted molar refractivity (Wildman–Crippen MR) is 115 cm³/mol. The third-order valence-electron chi connectivity index (χ3n) is 7.54. The number of hydrogen-bond donors (Lipinski definition) is 1. The second-order valence-electron chi connectivity index (χ2n) is 10.2. The molecule has 2 aromatic heterocycles. The van der Waals surface area contributed by atoms with Crippen LogP contribution >= 0.6 is 11.3 Å². The van der Waals surface area contributed by atoms with E-state index in [1.54, 1.807) is 0 Å². The molecule has 0 aromatic carbocycles. The van der Waals surface area contributed by atoms with Crippen LogP contribution in [0.5, 0.6) is 0 Å². The number of hydrogen-bond acceptors (Lipinski definition) is 5. The van der Waals surface area contributed by atoms with E-state index in [1.165, 1.54) is 59.3 Å². The lowest BCUT2D eigenvalue weighted by Gasteiger charge is -2.37. The van der Waals surface area contributed by atoms with Crippen LogP contribution in [-0.4, -0.2) is 38.2 Å². The summed E-state index contributed by atoms with van der Waals surface area (Å²) in [5, 5.41) is 11.4. The summed E-state index contributed by atoms with van der Waals surface area (Å²) >= 11 is 1.90. The summed E-state index contributed by atoms with van der Waals surface area (Å²) in [6, 6.07) is 3.47. The fraction of sp³-hybridized carbons (Fsp3) is 0.739. The number of aliphatic hydroxyl groups is 1. The van der Waals surface area contributed by atoms with Gasteiger partial charge in [-0.05, 0) is 75.7 Å². The fourth-order valence-corrected chi connectivity index (χ4v) is 7.07. The normalized spacial score (nSPS) is 30.9. The second-order valence-corrected chi connectivity index (χ2v) is 11.3. The Morgan fingerprint density at radius 3 is 2.46 bits per heavy atom. The molecule has 2 bridgehead atoms. The molecule has 3 fully saturated rings. The van der Waals surface area contributed by atoms with Crippen molar-refractivity contribution in [3.05, 3.63) is 22.5 Å². The molecule has 5 heteroatoms. The number of fused-ring (bicyclic) bond motifs is 3. The van der Waals surface area contributed by atoms with E-state index in [4.69, 9.17) is 9.97 Å². The van der Waals surface area contributed by atoms with Crippen molar-refractivity contribution in [3.63, 3.8) is 0 Å². The van der Waals surface area contributed by atoms with Crippen LogP contribution in [-0.2, 0) is 6.54 Å². The van der Waals surface area contributed by atoms with Gasteiger partial charge in [0.25, 0.3) is 0 Å². The Bertz CT molecular complexity index is 852. The number of aromatic nitrogens is 2. The number of rotatable bonds is 3. The molecule has 152 valence electrons. The zero-order chi connectivity index (χ0) is 19.5. The van der Waals surface area contributed by atoms with Gasteiger partial charge in [-0.3, -0.25) is 4.90 Å². The maximum absolute atomic E-state index is 10.1. The van der Waals surface area contributed by atoms with Crippen LogP contribution in [0.1, 0.15) is 87.5 Å². The van der Waals surface area contributed by atoms with Crippen LogP contribution < -0.4 is 0 Å². The number of aliphatic hydroxyl groups excluding tert-OH is 1. The van der Waals surface area contributed by atoms with Crippen LogP contribution in [0.25, 0.3) is 10.2 Å². The Balaban J connectivity index is 1.42. The first-order valence-electron chi connectivity index (χ1n) is 11.1. The van der Waals surface area contributed by atoms with E-state index in [0.717, 1.165) is 25.2 Å². The lowest BCUT2D eigenvalue weighted by atomic mass is 9.73. The first-order valence-corrected chi connectivity index (χ1v) is 11.9. The van der Waals surface area contributed by atoms with Crippen molar-refractivity contribution in [2.75, 3.05) is 0 Å². The predicted octanol–water partition coefficient (Wildman–Crippen LogP) is 5.17. The van der Waals surface area contributed by atoms with E-state index in [9.17, 15) is 5.11 Å². The Morgan fingerprint density at radius 1 is 1.11 bits per heavy atom. The van der Waals surface area contributed by atoms with Gasteiger partial charge in [0, 0.05) is 28.9 Å². The molecule has 3 aliphatic rings. The molecule has 2 aromatic rings. The summed E-state index contributed by atoms with van der Waals surface area (Å²) in [5.74, 6) is 1.59. The van der Waals surface area contributed by atoms with E-state index >= 15 is 0 Å². The molecule has 1 N–H and O–H groups in total. The molecule has 2 aliphatic heterocycles. The summed E-state index contributed by atoms with van der Waals surface area (Å²) in [6.07, 6.45) is 9.44. The second kappa shape index (κ2) is 7.03. The Labute approximate surface area is 172 Å². The average molecular weight is 400 g/mol. The Morgan fingerprint density at radius 2 is 1.79 bits per heavy atom. The highest BCUT2D eigenvalue weighted by Gasteiger charge is 2.40. The quantitative estimate of drug-likeness (QED) is 0.773. The summed E-state index contributed by atoms with van der Waals surface area (Å²) in [6.45, 7) is 7.76. The van der Waals surface area contributed by atoms with Crippen molar-refractivity contribution in [2.24, 2.45) is 5.41 Å². The third kappa shape index (κ3) is 3.50. The maximum Gasteiger partial charge on any atom is 0.127 e. The standard InChI is InChI=1S/C23H33N3OS/c1-14-24-20(13-26-16-4-5-17(26)11-18(27)10-16)19-12-21(28-22(19)25-14)15-6-8-23(2,3)9-7-15/h12,15-18,27H,4-11,13H2,1-3H3/t16-,17+,18+. The number of aryl methyl sites for hydroxylation is 1. The molecule has 0 unspecified atom stereocenters. The Hall–Kier alpha value is -1.04. The molecule has 1 aliphatic carbocycles. The monoisotopic (exact) mass is 399 g/mol. The van der Waals surface area contributed by atoms with Gasteiger partial charge in [0.15, 0.2) is 0 Å². The molecule has 2 saturated heterocycles. The van der Waals surface area contributed by atoms with Gasteiger partial charge in [0.1, 0.15) is 10.7 Å². The largest absolute Gasteiger partial charge is 0.393 e. The first-order chi connectivity index (χ1) is 13.4. The van der Waals surface area contributed by atoms with Gasteiger partial charge >= 0.3 is 0 Å². The maximum atomic E-state index is 10.1. The molecular formula is C23H33N3OS. The highest BCUT2D eigenvalue weighted by Crippen LogP contribution is 2.45. The molecule has 4 heterocycles. The highest BCUT2D eigenvalue weighted by atomic mass is 32.1. The third-order valence-corrected chi connectivity index (χ3v) is 8.73. The summed E-state index contributed by atoms with van der Waals surface area (Å²) in [5.41, 5.74) is 1.71. The zero-order valence-corrected chi connectivity index (χ0v) is 18.3. The lowest BCUT2D eigenvalue weighted by Crippen LogP contribution is -2.44. The number of thiophene rings is 1. The van der Waals surface area contributed by atoms with Crippen LogP contribution in [0.3, 0.4) is 0 Å². The van der Waals surface area contributed by atoms with Gasteiger partial charge in [0.05, 0.1) is 11.8 Å². The first kappa shape index (κ1) is 19.0. The minimum absolute atomic E-state index is 0.107. The van der Waals surface area contributed by atoms with E-state index in [-0.39, 0.29) is 6.10 Å². The van der Waals surface area contributed by atoms with Crippen LogP contribution in [0.4, 0.5) is 0 Å². The van der Waals surface area contributed by atoms with Gasteiger partial charge in [-0.2, -0.15) is 0 Å². The van der Waals surface area contributed by atoms with E-state index in [1.807, 2.05) is 18.3 Å². The average Bonchev–Trinajstić information content (AvgIpc) is 3.14.